The van der Waals surface area contributed by atoms with E-state index in [1.807, 2.05) is 32.9 Å². The molecule has 0 aromatic carbocycles. The van der Waals surface area contributed by atoms with Gasteiger partial charge in [-0.3, -0.25) is 4.79 Å². The van der Waals surface area contributed by atoms with Gasteiger partial charge in [0, 0.05) is 39.5 Å². The smallest absolute Gasteiger partial charge is 0.252 e. The summed E-state index contributed by atoms with van der Waals surface area (Å²) in [5.74, 6) is 1.56. The van der Waals surface area contributed by atoms with Crippen LogP contribution >= 0.6 is 11.3 Å². The van der Waals surface area contributed by atoms with E-state index in [2.05, 4.69) is 40.6 Å². The summed E-state index contributed by atoms with van der Waals surface area (Å²) >= 11 is 1.69. The van der Waals surface area contributed by atoms with Gasteiger partial charge in [-0.05, 0) is 50.1 Å². The Morgan fingerprint density at radius 2 is 1.90 bits per heavy atom. The molecule has 0 radical (unpaired) electrons. The standard InChI is InChI=1S/C23H25N5OS/c1-12-9-13(2)25-22(24-12)28-21-18(14(3)27-28)20(17-7-6-8-30-17)19-15(26-21)10-23(4,5)11-16(19)29/h6-9,20,26H,10-11H2,1-5H3. The van der Waals surface area contributed by atoms with Crippen molar-refractivity contribution in [3.63, 3.8) is 0 Å². The average molecular weight is 420 g/mol. The van der Waals surface area contributed by atoms with Gasteiger partial charge in [0.05, 0.1) is 11.6 Å². The predicted molar refractivity (Wildman–Crippen MR) is 118 cm³/mol. The lowest BCUT2D eigenvalue weighted by molar-refractivity contribution is -0.118. The van der Waals surface area contributed by atoms with Crippen molar-refractivity contribution in [3.8, 4) is 5.95 Å². The van der Waals surface area contributed by atoms with Crippen LogP contribution in [0.3, 0.4) is 0 Å². The molecule has 0 fully saturated rings. The molecule has 0 saturated heterocycles. The first-order valence-corrected chi connectivity index (χ1v) is 11.1. The molecule has 5 rings (SSSR count). The second kappa shape index (κ2) is 6.60. The number of carbonyl (C=O) groups excluding carboxylic acids is 1. The van der Waals surface area contributed by atoms with Crippen LogP contribution in [0.25, 0.3) is 5.95 Å². The summed E-state index contributed by atoms with van der Waals surface area (Å²) in [4.78, 5) is 23.7. The fraction of sp³-hybridized carbons (Fsp3) is 0.391. The highest BCUT2D eigenvalue weighted by Gasteiger charge is 2.43. The van der Waals surface area contributed by atoms with Crippen LogP contribution in [0.5, 0.6) is 0 Å². The number of carbonyl (C=O) groups is 1. The maximum absolute atomic E-state index is 13.3. The fourth-order valence-electron chi connectivity index (χ4n) is 4.76. The molecule has 30 heavy (non-hydrogen) atoms. The van der Waals surface area contributed by atoms with Crippen molar-refractivity contribution in [1.29, 1.82) is 0 Å². The van der Waals surface area contributed by atoms with Crippen molar-refractivity contribution in [3.05, 3.63) is 62.4 Å². The van der Waals surface area contributed by atoms with Crippen LogP contribution in [0.15, 0.2) is 34.8 Å². The maximum atomic E-state index is 13.3. The van der Waals surface area contributed by atoms with Gasteiger partial charge < -0.3 is 5.32 Å². The Labute approximate surface area is 180 Å². The minimum absolute atomic E-state index is 0.0727. The largest absolute Gasteiger partial charge is 0.343 e. The molecule has 1 aliphatic heterocycles. The monoisotopic (exact) mass is 419 g/mol. The molecular weight excluding hydrogens is 394 g/mol. The van der Waals surface area contributed by atoms with E-state index < -0.39 is 0 Å². The first kappa shape index (κ1) is 19.2. The first-order chi connectivity index (χ1) is 14.2. The summed E-state index contributed by atoms with van der Waals surface area (Å²) in [6.45, 7) is 10.2. The molecule has 4 heterocycles. The number of hydrogen-bond acceptors (Lipinski definition) is 6. The Balaban J connectivity index is 1.75. The number of nitrogens with zero attached hydrogens (tertiary/aromatic N) is 4. The summed E-state index contributed by atoms with van der Waals surface area (Å²) in [7, 11) is 0. The molecule has 2 aliphatic rings. The number of allylic oxidation sites excluding steroid dienone is 2. The molecule has 0 spiro atoms. The Bertz CT molecular complexity index is 1180. The van der Waals surface area contributed by atoms with E-state index in [1.54, 1.807) is 16.0 Å². The minimum Gasteiger partial charge on any atom is -0.343 e. The highest BCUT2D eigenvalue weighted by atomic mass is 32.1. The number of thiophene rings is 1. The van der Waals surface area contributed by atoms with Crippen LogP contribution in [0.1, 0.15) is 60.1 Å². The third-order valence-electron chi connectivity index (χ3n) is 5.86. The van der Waals surface area contributed by atoms with Crippen molar-refractivity contribution in [1.82, 2.24) is 19.7 Å². The van der Waals surface area contributed by atoms with E-state index in [0.29, 0.717) is 12.4 Å². The summed E-state index contributed by atoms with van der Waals surface area (Å²) in [5.41, 5.74) is 5.57. The van der Waals surface area contributed by atoms with Crippen molar-refractivity contribution in [2.75, 3.05) is 5.32 Å². The lowest BCUT2D eigenvalue weighted by Gasteiger charge is -2.38. The van der Waals surface area contributed by atoms with Crippen molar-refractivity contribution >= 4 is 22.9 Å². The molecule has 0 saturated carbocycles. The number of anilines is 1. The van der Waals surface area contributed by atoms with E-state index >= 15 is 0 Å². The summed E-state index contributed by atoms with van der Waals surface area (Å²) in [6.07, 6.45) is 1.39. The van der Waals surface area contributed by atoms with Gasteiger partial charge in [-0.1, -0.05) is 19.9 Å². The van der Waals surface area contributed by atoms with Gasteiger partial charge in [-0.2, -0.15) is 9.78 Å². The van der Waals surface area contributed by atoms with Gasteiger partial charge in [-0.25, -0.2) is 9.97 Å². The summed E-state index contributed by atoms with van der Waals surface area (Å²) in [5, 5.41) is 10.5. The topological polar surface area (TPSA) is 72.7 Å². The molecule has 154 valence electrons. The van der Waals surface area contributed by atoms with Gasteiger partial charge in [0.1, 0.15) is 5.82 Å². The second-order valence-electron chi connectivity index (χ2n) is 9.12. The molecule has 1 N–H and O–H groups in total. The quantitative estimate of drug-likeness (QED) is 0.643. The van der Waals surface area contributed by atoms with E-state index in [1.165, 1.54) is 4.88 Å². The van der Waals surface area contributed by atoms with Crippen LogP contribution < -0.4 is 5.32 Å². The number of hydrogen-bond donors (Lipinski definition) is 1. The number of aryl methyl sites for hydroxylation is 3. The van der Waals surface area contributed by atoms with E-state index in [-0.39, 0.29) is 17.1 Å². The molecule has 1 atom stereocenters. The lowest BCUT2D eigenvalue weighted by atomic mass is 9.70. The van der Waals surface area contributed by atoms with Gasteiger partial charge in [0.2, 0.25) is 0 Å². The third-order valence-corrected chi connectivity index (χ3v) is 6.80. The number of aromatic nitrogens is 4. The SMILES string of the molecule is Cc1cc(C)nc(-n2nc(C)c3c2NC2=C(C(=O)CC(C)(C)C2)C3c2cccs2)n1. The third kappa shape index (κ3) is 2.99. The lowest BCUT2D eigenvalue weighted by Crippen LogP contribution is -2.34. The number of fused-ring (bicyclic) bond motifs is 1. The molecular formula is C23H25N5OS. The molecule has 3 aromatic rings. The molecule has 1 unspecified atom stereocenters. The summed E-state index contributed by atoms with van der Waals surface area (Å²) < 4.78 is 1.81. The van der Waals surface area contributed by atoms with Crippen molar-refractivity contribution in [2.45, 2.75) is 53.4 Å². The van der Waals surface area contributed by atoms with E-state index in [0.717, 1.165) is 46.2 Å². The average Bonchev–Trinajstić information content (AvgIpc) is 3.27. The number of rotatable bonds is 2. The van der Waals surface area contributed by atoms with Crippen molar-refractivity contribution < 1.29 is 4.79 Å². The normalized spacial score (nSPS) is 20.0. The molecule has 0 amide bonds. The molecule has 1 aliphatic carbocycles. The van der Waals surface area contributed by atoms with Crippen molar-refractivity contribution in [2.24, 2.45) is 5.41 Å². The number of nitrogens with one attached hydrogen (secondary N) is 1. The van der Waals surface area contributed by atoms with Gasteiger partial charge in [0.15, 0.2) is 5.78 Å². The summed E-state index contributed by atoms with van der Waals surface area (Å²) in [6, 6.07) is 6.12. The van der Waals surface area contributed by atoms with Crippen LogP contribution in [-0.2, 0) is 4.79 Å². The van der Waals surface area contributed by atoms with Crippen LogP contribution in [0.2, 0.25) is 0 Å². The Morgan fingerprint density at radius 1 is 1.17 bits per heavy atom. The maximum Gasteiger partial charge on any atom is 0.252 e. The molecule has 0 bridgehead atoms. The number of ketones is 1. The molecule has 3 aromatic heterocycles. The highest BCUT2D eigenvalue weighted by Crippen LogP contribution is 2.50. The van der Waals surface area contributed by atoms with Gasteiger partial charge in [-0.15, -0.1) is 11.3 Å². The Hall–Kier alpha value is -2.80. The number of Topliss-reactive ketones (excluding diaryl/α,β-unsaturated/α-hetero) is 1. The van der Waals surface area contributed by atoms with Gasteiger partial charge >= 0.3 is 0 Å². The zero-order valence-electron chi connectivity index (χ0n) is 17.9. The van der Waals surface area contributed by atoms with Crippen LogP contribution in [0, 0.1) is 26.2 Å². The second-order valence-corrected chi connectivity index (χ2v) is 10.1. The Kier molecular flexibility index (Phi) is 4.22. The molecule has 7 heteroatoms. The van der Waals surface area contributed by atoms with Gasteiger partial charge in [0.25, 0.3) is 5.95 Å². The predicted octanol–water partition coefficient (Wildman–Crippen LogP) is 4.85. The zero-order chi connectivity index (χ0) is 21.2. The van der Waals surface area contributed by atoms with E-state index in [4.69, 9.17) is 5.10 Å². The molecule has 6 nitrogen and oxygen atoms in total. The fourth-order valence-corrected chi connectivity index (χ4v) is 5.60. The highest BCUT2D eigenvalue weighted by molar-refractivity contribution is 7.10. The minimum atomic E-state index is -0.0977. The van der Waals surface area contributed by atoms with Crippen LogP contribution in [0.4, 0.5) is 5.82 Å². The zero-order valence-corrected chi connectivity index (χ0v) is 18.7. The van der Waals surface area contributed by atoms with Crippen LogP contribution in [-0.4, -0.2) is 25.5 Å². The van der Waals surface area contributed by atoms with E-state index in [9.17, 15) is 4.79 Å². The Morgan fingerprint density at radius 3 is 2.57 bits per heavy atom. The first-order valence-electron chi connectivity index (χ1n) is 10.2.